The average molecular weight is 234 g/mol. The van der Waals surface area contributed by atoms with Crippen molar-refractivity contribution in [3.05, 3.63) is 23.8 Å². The number of hydrogen-bond donors (Lipinski definition) is 0. The van der Waals surface area contributed by atoms with E-state index < -0.39 is 0 Å². The van der Waals surface area contributed by atoms with E-state index in [1.807, 2.05) is 0 Å². The minimum atomic E-state index is 0.491. The van der Waals surface area contributed by atoms with Crippen LogP contribution < -0.4 is 9.64 Å². The Labute approximate surface area is 104 Å². The summed E-state index contributed by atoms with van der Waals surface area (Å²) in [5.74, 6) is 0.976. The zero-order valence-corrected chi connectivity index (χ0v) is 11.2. The van der Waals surface area contributed by atoms with Crippen molar-refractivity contribution in [2.75, 3.05) is 32.6 Å². The second-order valence-electron chi connectivity index (χ2n) is 4.96. The van der Waals surface area contributed by atoms with E-state index in [2.05, 4.69) is 49.0 Å². The summed E-state index contributed by atoms with van der Waals surface area (Å²) in [6, 6.07) is 6.39. The largest absolute Gasteiger partial charge is 0.495 e. The SMILES string of the molecule is COc1ccc(C)cc1N1CCC[C@H]1N(C)C. The number of rotatable bonds is 3. The molecule has 1 aliphatic rings. The topological polar surface area (TPSA) is 15.7 Å². The van der Waals surface area contributed by atoms with Crippen LogP contribution in [0, 0.1) is 6.92 Å². The van der Waals surface area contributed by atoms with Gasteiger partial charge in [0.05, 0.1) is 19.0 Å². The first-order valence-corrected chi connectivity index (χ1v) is 6.21. The Hall–Kier alpha value is -1.22. The third-order valence-electron chi connectivity index (χ3n) is 3.46. The van der Waals surface area contributed by atoms with Gasteiger partial charge in [-0.25, -0.2) is 0 Å². The Morgan fingerprint density at radius 3 is 2.76 bits per heavy atom. The molecule has 1 saturated heterocycles. The number of benzene rings is 1. The molecule has 1 fully saturated rings. The fourth-order valence-electron chi connectivity index (χ4n) is 2.59. The molecule has 1 aromatic carbocycles. The lowest BCUT2D eigenvalue weighted by atomic mass is 10.2. The minimum Gasteiger partial charge on any atom is -0.495 e. The second-order valence-corrected chi connectivity index (χ2v) is 4.96. The van der Waals surface area contributed by atoms with Crippen molar-refractivity contribution in [2.24, 2.45) is 0 Å². The Balaban J connectivity index is 2.35. The highest BCUT2D eigenvalue weighted by atomic mass is 16.5. The van der Waals surface area contributed by atoms with Crippen molar-refractivity contribution >= 4 is 5.69 Å². The molecule has 1 aliphatic heterocycles. The van der Waals surface area contributed by atoms with E-state index in [0.717, 1.165) is 12.3 Å². The molecule has 0 N–H and O–H groups in total. The fraction of sp³-hybridized carbons (Fsp3) is 0.571. The summed E-state index contributed by atoms with van der Waals surface area (Å²) in [6.45, 7) is 3.24. The molecule has 3 nitrogen and oxygen atoms in total. The Morgan fingerprint density at radius 2 is 2.12 bits per heavy atom. The zero-order valence-electron chi connectivity index (χ0n) is 11.2. The maximum atomic E-state index is 5.48. The van der Waals surface area contributed by atoms with Crippen LogP contribution in [0.1, 0.15) is 18.4 Å². The van der Waals surface area contributed by atoms with Gasteiger partial charge in [0, 0.05) is 6.54 Å². The molecule has 1 atom stereocenters. The third kappa shape index (κ3) is 2.39. The van der Waals surface area contributed by atoms with Gasteiger partial charge in [-0.2, -0.15) is 0 Å². The Bertz CT molecular complexity index is 390. The van der Waals surface area contributed by atoms with Gasteiger partial charge >= 0.3 is 0 Å². The molecule has 0 saturated carbocycles. The van der Waals surface area contributed by atoms with Gasteiger partial charge in [-0.05, 0) is 51.6 Å². The highest BCUT2D eigenvalue weighted by Gasteiger charge is 2.28. The summed E-state index contributed by atoms with van der Waals surface area (Å²) in [5, 5.41) is 0. The molecule has 0 unspecified atom stereocenters. The number of hydrogen-bond acceptors (Lipinski definition) is 3. The van der Waals surface area contributed by atoms with Gasteiger partial charge in [0.15, 0.2) is 0 Å². The lowest BCUT2D eigenvalue weighted by molar-refractivity contribution is 0.299. The van der Waals surface area contributed by atoms with Gasteiger partial charge in [0.25, 0.3) is 0 Å². The molecule has 1 aromatic rings. The molecule has 0 amide bonds. The summed E-state index contributed by atoms with van der Waals surface area (Å²) >= 11 is 0. The smallest absolute Gasteiger partial charge is 0.142 e. The molecule has 94 valence electrons. The summed E-state index contributed by atoms with van der Waals surface area (Å²) in [5.41, 5.74) is 2.51. The van der Waals surface area contributed by atoms with Gasteiger partial charge in [0.1, 0.15) is 5.75 Å². The standard InChI is InChI=1S/C14H22N2O/c1-11-7-8-13(17-4)12(10-11)16-9-5-6-14(16)15(2)3/h7-8,10,14H,5-6,9H2,1-4H3/t14-/m0/s1. The van der Waals surface area contributed by atoms with Crippen LogP contribution in [0.5, 0.6) is 5.75 Å². The fourth-order valence-corrected chi connectivity index (χ4v) is 2.59. The van der Waals surface area contributed by atoms with E-state index in [4.69, 9.17) is 4.74 Å². The van der Waals surface area contributed by atoms with Crippen LogP contribution in [0.25, 0.3) is 0 Å². The number of aryl methyl sites for hydroxylation is 1. The molecule has 0 radical (unpaired) electrons. The van der Waals surface area contributed by atoms with Crippen molar-refractivity contribution in [1.82, 2.24) is 4.90 Å². The number of ether oxygens (including phenoxy) is 1. The van der Waals surface area contributed by atoms with E-state index in [1.165, 1.54) is 24.1 Å². The Kier molecular flexibility index (Phi) is 3.57. The predicted molar refractivity (Wildman–Crippen MR) is 71.8 cm³/mol. The first kappa shape index (κ1) is 12.2. The lowest BCUT2D eigenvalue weighted by Crippen LogP contribution is -2.40. The van der Waals surface area contributed by atoms with Crippen molar-refractivity contribution in [2.45, 2.75) is 25.9 Å². The van der Waals surface area contributed by atoms with Crippen LogP contribution in [-0.4, -0.2) is 38.8 Å². The van der Waals surface area contributed by atoms with Crippen molar-refractivity contribution in [3.8, 4) is 5.75 Å². The molecule has 1 heterocycles. The van der Waals surface area contributed by atoms with Gasteiger partial charge in [0.2, 0.25) is 0 Å². The van der Waals surface area contributed by atoms with Crippen LogP contribution in [0.4, 0.5) is 5.69 Å². The van der Waals surface area contributed by atoms with Crippen LogP contribution in [-0.2, 0) is 0 Å². The average Bonchev–Trinajstić information content (AvgIpc) is 2.77. The molecular weight excluding hydrogens is 212 g/mol. The van der Waals surface area contributed by atoms with Crippen molar-refractivity contribution in [1.29, 1.82) is 0 Å². The molecule has 3 heteroatoms. The van der Waals surface area contributed by atoms with Crippen LogP contribution in [0.3, 0.4) is 0 Å². The van der Waals surface area contributed by atoms with Crippen molar-refractivity contribution < 1.29 is 4.74 Å². The summed E-state index contributed by atoms with van der Waals surface area (Å²) in [7, 11) is 6.03. The molecular formula is C14H22N2O. The van der Waals surface area contributed by atoms with Gasteiger partial charge in [-0.1, -0.05) is 6.07 Å². The van der Waals surface area contributed by atoms with Crippen LogP contribution in [0.15, 0.2) is 18.2 Å². The summed E-state index contributed by atoms with van der Waals surface area (Å²) in [4.78, 5) is 4.74. The van der Waals surface area contributed by atoms with E-state index in [1.54, 1.807) is 7.11 Å². The molecule has 0 spiro atoms. The molecule has 0 aromatic heterocycles. The van der Waals surface area contributed by atoms with Gasteiger partial charge in [-0.15, -0.1) is 0 Å². The number of anilines is 1. The quantitative estimate of drug-likeness (QED) is 0.799. The molecule has 2 rings (SSSR count). The summed E-state index contributed by atoms with van der Waals surface area (Å²) in [6.07, 6.45) is 2.97. The highest BCUT2D eigenvalue weighted by Crippen LogP contribution is 2.34. The van der Waals surface area contributed by atoms with E-state index in [9.17, 15) is 0 Å². The van der Waals surface area contributed by atoms with E-state index in [-0.39, 0.29) is 0 Å². The first-order chi connectivity index (χ1) is 8.13. The summed E-state index contributed by atoms with van der Waals surface area (Å²) < 4.78 is 5.48. The van der Waals surface area contributed by atoms with E-state index >= 15 is 0 Å². The number of methoxy groups -OCH3 is 1. The minimum absolute atomic E-state index is 0.491. The van der Waals surface area contributed by atoms with E-state index in [0.29, 0.717) is 6.17 Å². The maximum Gasteiger partial charge on any atom is 0.142 e. The molecule has 0 bridgehead atoms. The first-order valence-electron chi connectivity index (χ1n) is 6.21. The van der Waals surface area contributed by atoms with Crippen LogP contribution >= 0.6 is 0 Å². The second kappa shape index (κ2) is 4.96. The van der Waals surface area contributed by atoms with Gasteiger partial charge in [-0.3, -0.25) is 4.90 Å². The third-order valence-corrected chi connectivity index (χ3v) is 3.46. The maximum absolute atomic E-state index is 5.48. The van der Waals surface area contributed by atoms with Crippen molar-refractivity contribution in [3.63, 3.8) is 0 Å². The normalized spacial score (nSPS) is 20.1. The molecule has 17 heavy (non-hydrogen) atoms. The highest BCUT2D eigenvalue weighted by molar-refractivity contribution is 5.61. The predicted octanol–water partition coefficient (Wildman–Crippen LogP) is 2.49. The van der Waals surface area contributed by atoms with Crippen LogP contribution in [0.2, 0.25) is 0 Å². The lowest BCUT2D eigenvalue weighted by Gasteiger charge is -2.32. The molecule has 0 aliphatic carbocycles. The zero-order chi connectivity index (χ0) is 12.4. The van der Waals surface area contributed by atoms with Gasteiger partial charge < -0.3 is 9.64 Å². The monoisotopic (exact) mass is 234 g/mol. The number of nitrogens with zero attached hydrogens (tertiary/aromatic N) is 2. The Morgan fingerprint density at radius 1 is 1.35 bits per heavy atom.